The van der Waals surface area contributed by atoms with E-state index in [9.17, 15) is 4.79 Å². The molecule has 0 bridgehead atoms. The fourth-order valence-corrected chi connectivity index (χ4v) is 1.75. The maximum absolute atomic E-state index is 11.6. The molecule has 2 N–H and O–H groups in total. The van der Waals surface area contributed by atoms with Crippen LogP contribution < -0.4 is 10.6 Å². The Hall–Kier alpha value is -0.870. The summed E-state index contributed by atoms with van der Waals surface area (Å²) < 4.78 is 0. The molecule has 4 heteroatoms. The van der Waals surface area contributed by atoms with Crippen LogP contribution in [0.5, 0.6) is 0 Å². The van der Waals surface area contributed by atoms with Crippen LogP contribution in [0.15, 0.2) is 11.6 Å². The lowest BCUT2D eigenvalue weighted by molar-refractivity contribution is -0.122. The predicted octanol–water partition coefficient (Wildman–Crippen LogP) is 0.364. The topological polar surface area (TPSA) is 44.4 Å². The number of amides is 1. The minimum absolute atomic E-state index is 0.128. The van der Waals surface area contributed by atoms with Gasteiger partial charge >= 0.3 is 0 Å². The van der Waals surface area contributed by atoms with E-state index in [2.05, 4.69) is 35.5 Å². The van der Waals surface area contributed by atoms with Crippen LogP contribution in [0.1, 0.15) is 20.3 Å². The Balaban J connectivity index is 2.21. The lowest BCUT2D eigenvalue weighted by Gasteiger charge is -2.18. The van der Waals surface area contributed by atoms with Crippen molar-refractivity contribution >= 4 is 5.91 Å². The lowest BCUT2D eigenvalue weighted by atomic mass is 10.1. The summed E-state index contributed by atoms with van der Waals surface area (Å²) in [6.07, 6.45) is 3.22. The van der Waals surface area contributed by atoms with E-state index < -0.39 is 0 Å². The number of likely N-dealkylation sites (N-methyl/N-ethyl adjacent to an activating group) is 1. The molecule has 0 aromatic rings. The first kappa shape index (κ1) is 13.2. The first-order valence-corrected chi connectivity index (χ1v) is 6.14. The Bertz CT molecular complexity index is 247. The molecule has 0 unspecified atom stereocenters. The number of nitrogens with one attached hydrogen (secondary N) is 2. The molecule has 1 amide bonds. The van der Waals surface area contributed by atoms with Gasteiger partial charge in [0.2, 0.25) is 5.91 Å². The van der Waals surface area contributed by atoms with Crippen molar-refractivity contribution in [3.63, 3.8) is 0 Å². The highest BCUT2D eigenvalue weighted by Crippen LogP contribution is 2.01. The van der Waals surface area contributed by atoms with E-state index >= 15 is 0 Å². The van der Waals surface area contributed by atoms with Crippen molar-refractivity contribution in [2.45, 2.75) is 20.3 Å². The Morgan fingerprint density at radius 2 is 2.25 bits per heavy atom. The summed E-state index contributed by atoms with van der Waals surface area (Å²) in [5.41, 5.74) is 1.34. The van der Waals surface area contributed by atoms with Gasteiger partial charge in [0.15, 0.2) is 0 Å². The maximum atomic E-state index is 11.6. The third-order valence-corrected chi connectivity index (χ3v) is 2.93. The Kier molecular flexibility index (Phi) is 6.11. The van der Waals surface area contributed by atoms with Gasteiger partial charge in [0.1, 0.15) is 0 Å². The number of carbonyl (C=O) groups excluding carboxylic acids is 1. The second-order valence-electron chi connectivity index (χ2n) is 4.05. The number of hydrogen-bond donors (Lipinski definition) is 2. The molecule has 1 aliphatic heterocycles. The first-order chi connectivity index (χ1) is 7.76. The number of rotatable bonds is 6. The summed E-state index contributed by atoms with van der Waals surface area (Å²) in [5.74, 6) is 0.128. The summed E-state index contributed by atoms with van der Waals surface area (Å²) in [6.45, 7) is 9.19. The molecule has 0 saturated carbocycles. The average molecular weight is 225 g/mol. The van der Waals surface area contributed by atoms with Crippen molar-refractivity contribution in [2.24, 2.45) is 0 Å². The van der Waals surface area contributed by atoms with Gasteiger partial charge in [0, 0.05) is 13.1 Å². The molecule has 0 atom stereocenters. The highest BCUT2D eigenvalue weighted by atomic mass is 16.2. The van der Waals surface area contributed by atoms with Crippen LogP contribution in [0, 0.1) is 0 Å². The highest BCUT2D eigenvalue weighted by molar-refractivity contribution is 5.78. The fourth-order valence-electron chi connectivity index (χ4n) is 1.75. The quantitative estimate of drug-likeness (QED) is 0.642. The van der Waals surface area contributed by atoms with E-state index in [1.54, 1.807) is 0 Å². The average Bonchev–Trinajstić information content (AvgIpc) is 2.34. The summed E-state index contributed by atoms with van der Waals surface area (Å²) in [4.78, 5) is 13.7. The van der Waals surface area contributed by atoms with Crippen LogP contribution in [0.2, 0.25) is 0 Å². The Morgan fingerprint density at radius 1 is 1.50 bits per heavy atom. The lowest BCUT2D eigenvalue weighted by Crippen LogP contribution is -2.38. The van der Waals surface area contributed by atoms with Crippen molar-refractivity contribution in [3.8, 4) is 0 Å². The first-order valence-electron chi connectivity index (χ1n) is 6.14. The standard InChI is InChI=1S/C12H23N3O/c1-3-15(4-2)10-12(16)14-9-11-5-7-13-8-6-11/h5,13H,3-4,6-10H2,1-2H3,(H,14,16). The van der Waals surface area contributed by atoms with Gasteiger partial charge in [-0.05, 0) is 26.1 Å². The summed E-state index contributed by atoms with van der Waals surface area (Å²) in [6, 6.07) is 0. The minimum Gasteiger partial charge on any atom is -0.351 e. The Labute approximate surface area is 98.1 Å². The van der Waals surface area contributed by atoms with Gasteiger partial charge in [0.05, 0.1) is 6.54 Å². The second kappa shape index (κ2) is 7.41. The van der Waals surface area contributed by atoms with Gasteiger partial charge in [0.25, 0.3) is 0 Å². The molecule has 1 rings (SSSR count). The normalized spacial score (nSPS) is 16.1. The summed E-state index contributed by atoms with van der Waals surface area (Å²) in [7, 11) is 0. The fraction of sp³-hybridized carbons (Fsp3) is 0.750. The molecule has 1 aliphatic rings. The van der Waals surface area contributed by atoms with Gasteiger partial charge in [-0.25, -0.2) is 0 Å². The largest absolute Gasteiger partial charge is 0.351 e. The number of hydrogen-bond acceptors (Lipinski definition) is 3. The van der Waals surface area contributed by atoms with Crippen molar-refractivity contribution in [3.05, 3.63) is 11.6 Å². The molecule has 0 spiro atoms. The van der Waals surface area contributed by atoms with Crippen molar-refractivity contribution in [2.75, 3.05) is 39.3 Å². The monoisotopic (exact) mass is 225 g/mol. The van der Waals surface area contributed by atoms with Crippen LogP contribution in [-0.2, 0) is 4.79 Å². The molecule has 16 heavy (non-hydrogen) atoms. The van der Waals surface area contributed by atoms with Gasteiger partial charge < -0.3 is 10.6 Å². The molecule has 0 fully saturated rings. The van der Waals surface area contributed by atoms with Gasteiger partial charge in [-0.3, -0.25) is 9.69 Å². The molecule has 1 heterocycles. The second-order valence-corrected chi connectivity index (χ2v) is 4.05. The third kappa shape index (κ3) is 4.77. The molecule has 0 aromatic heterocycles. The van der Waals surface area contributed by atoms with E-state index in [-0.39, 0.29) is 5.91 Å². The van der Waals surface area contributed by atoms with E-state index in [0.29, 0.717) is 13.1 Å². The van der Waals surface area contributed by atoms with Crippen LogP contribution >= 0.6 is 0 Å². The van der Waals surface area contributed by atoms with Crippen LogP contribution in [-0.4, -0.2) is 50.1 Å². The van der Waals surface area contributed by atoms with Crippen LogP contribution in [0.3, 0.4) is 0 Å². The molecule has 92 valence electrons. The molecule has 0 saturated heterocycles. The maximum Gasteiger partial charge on any atom is 0.234 e. The molecular formula is C12H23N3O. The van der Waals surface area contributed by atoms with Crippen molar-refractivity contribution in [1.29, 1.82) is 0 Å². The molecular weight excluding hydrogens is 202 g/mol. The van der Waals surface area contributed by atoms with E-state index in [4.69, 9.17) is 0 Å². The summed E-state index contributed by atoms with van der Waals surface area (Å²) in [5, 5.41) is 6.23. The zero-order valence-corrected chi connectivity index (χ0v) is 10.4. The highest BCUT2D eigenvalue weighted by Gasteiger charge is 2.08. The van der Waals surface area contributed by atoms with Gasteiger partial charge in [-0.1, -0.05) is 25.5 Å². The van der Waals surface area contributed by atoms with Crippen LogP contribution in [0.4, 0.5) is 0 Å². The molecule has 0 aromatic carbocycles. The number of nitrogens with zero attached hydrogens (tertiary/aromatic N) is 1. The zero-order chi connectivity index (χ0) is 11.8. The van der Waals surface area contributed by atoms with Crippen molar-refractivity contribution < 1.29 is 4.79 Å². The SMILES string of the molecule is CCN(CC)CC(=O)NCC1=CCNCC1. The minimum atomic E-state index is 0.128. The summed E-state index contributed by atoms with van der Waals surface area (Å²) >= 11 is 0. The smallest absolute Gasteiger partial charge is 0.234 e. The van der Waals surface area contributed by atoms with Crippen molar-refractivity contribution in [1.82, 2.24) is 15.5 Å². The van der Waals surface area contributed by atoms with E-state index in [0.717, 1.165) is 32.6 Å². The Morgan fingerprint density at radius 3 is 2.81 bits per heavy atom. The third-order valence-electron chi connectivity index (χ3n) is 2.93. The molecule has 4 nitrogen and oxygen atoms in total. The molecule has 0 radical (unpaired) electrons. The van der Waals surface area contributed by atoms with E-state index in [1.165, 1.54) is 5.57 Å². The van der Waals surface area contributed by atoms with Gasteiger partial charge in [-0.2, -0.15) is 0 Å². The number of carbonyl (C=O) groups is 1. The van der Waals surface area contributed by atoms with Gasteiger partial charge in [-0.15, -0.1) is 0 Å². The van der Waals surface area contributed by atoms with E-state index in [1.807, 2.05) is 0 Å². The predicted molar refractivity (Wildman–Crippen MR) is 66.4 cm³/mol. The van der Waals surface area contributed by atoms with Crippen LogP contribution in [0.25, 0.3) is 0 Å². The zero-order valence-electron chi connectivity index (χ0n) is 10.4. The molecule has 0 aliphatic carbocycles.